The predicted molar refractivity (Wildman–Crippen MR) is 59.1 cm³/mol. The molecule has 0 saturated heterocycles. The Morgan fingerprint density at radius 2 is 1.94 bits per heavy atom. The summed E-state index contributed by atoms with van der Waals surface area (Å²) in [5, 5.41) is 0. The van der Waals surface area contributed by atoms with Gasteiger partial charge in [-0.05, 0) is 13.8 Å². The maximum Gasteiger partial charge on any atom is 0.398 e. The molecule has 1 rings (SSSR count). The van der Waals surface area contributed by atoms with E-state index in [4.69, 9.17) is 13.8 Å². The van der Waals surface area contributed by atoms with E-state index in [1.54, 1.807) is 19.9 Å². The molecule has 1 heterocycles. The molecule has 16 heavy (non-hydrogen) atoms. The fraction of sp³-hybridized carbons (Fsp3) is 0.556. The molecule has 0 fully saturated rings. The molecule has 90 valence electrons. The van der Waals surface area contributed by atoms with Crippen LogP contribution in [0.1, 0.15) is 13.8 Å². The minimum Gasteiger partial charge on any atom is -0.481 e. The lowest BCUT2D eigenvalue weighted by molar-refractivity contribution is 0.228. The molecule has 0 atom stereocenters. The molecule has 0 amide bonds. The summed E-state index contributed by atoms with van der Waals surface area (Å²) in [6.45, 7) is 3.98. The summed E-state index contributed by atoms with van der Waals surface area (Å²) in [7, 11) is -1.94. The van der Waals surface area contributed by atoms with Gasteiger partial charge in [-0.1, -0.05) is 0 Å². The Bertz CT molecular complexity index is 376. The van der Waals surface area contributed by atoms with Crippen LogP contribution in [0, 0.1) is 0 Å². The van der Waals surface area contributed by atoms with Crippen molar-refractivity contribution < 1.29 is 18.3 Å². The van der Waals surface area contributed by atoms with Crippen molar-refractivity contribution in [1.29, 1.82) is 0 Å². The van der Waals surface area contributed by atoms with Gasteiger partial charge in [0.15, 0.2) is 0 Å². The van der Waals surface area contributed by atoms with E-state index in [1.165, 1.54) is 13.3 Å². The van der Waals surface area contributed by atoms with Gasteiger partial charge in [0.1, 0.15) is 0 Å². The Labute approximate surface area is 94.5 Å². The highest BCUT2D eigenvalue weighted by molar-refractivity contribution is 7.61. The minimum absolute atomic E-state index is 0.0237. The molecule has 0 bridgehead atoms. The van der Waals surface area contributed by atoms with Gasteiger partial charge in [0.05, 0.1) is 20.3 Å². The average Bonchev–Trinajstić information content (AvgIpc) is 2.30. The molecule has 7 heteroatoms. The Balaban J connectivity index is 3.05. The first-order valence-electron chi connectivity index (χ1n) is 4.93. The summed E-state index contributed by atoms with van der Waals surface area (Å²) < 4.78 is 27.4. The summed E-state index contributed by atoms with van der Waals surface area (Å²) in [5.41, 5.74) is 0.0237. The Morgan fingerprint density at radius 1 is 1.31 bits per heavy atom. The molecular formula is C9H15N2O4P. The monoisotopic (exact) mass is 246 g/mol. The van der Waals surface area contributed by atoms with Crippen LogP contribution in [0.15, 0.2) is 12.3 Å². The molecule has 0 aliphatic rings. The quantitative estimate of drug-likeness (QED) is 0.706. The average molecular weight is 246 g/mol. The number of aromatic nitrogens is 2. The van der Waals surface area contributed by atoms with Crippen LogP contribution in [0.5, 0.6) is 5.88 Å². The Kier molecular flexibility index (Phi) is 4.86. The summed E-state index contributed by atoms with van der Waals surface area (Å²) >= 11 is 0. The second-order valence-corrected chi connectivity index (χ2v) is 4.64. The number of hydrogen-bond donors (Lipinski definition) is 0. The van der Waals surface area contributed by atoms with Crippen molar-refractivity contribution in [3.05, 3.63) is 12.3 Å². The number of hydrogen-bond acceptors (Lipinski definition) is 6. The van der Waals surface area contributed by atoms with Gasteiger partial charge in [-0.3, -0.25) is 4.57 Å². The van der Waals surface area contributed by atoms with Crippen LogP contribution in [0.3, 0.4) is 0 Å². The summed E-state index contributed by atoms with van der Waals surface area (Å²) in [6.07, 6.45) is 1.45. The van der Waals surface area contributed by atoms with Gasteiger partial charge >= 0.3 is 7.60 Å². The Hall–Kier alpha value is -0.970. The molecule has 1 aromatic rings. The third kappa shape index (κ3) is 3.01. The lowest BCUT2D eigenvalue weighted by atomic mass is 10.6. The van der Waals surface area contributed by atoms with Crippen molar-refractivity contribution in [3.8, 4) is 5.88 Å². The highest BCUT2D eigenvalue weighted by Gasteiger charge is 2.30. The third-order valence-electron chi connectivity index (χ3n) is 1.67. The number of ether oxygens (including phenoxy) is 1. The largest absolute Gasteiger partial charge is 0.481 e. The summed E-state index contributed by atoms with van der Waals surface area (Å²) in [6, 6.07) is 1.56. The van der Waals surface area contributed by atoms with Crippen LogP contribution in [-0.4, -0.2) is 30.3 Å². The van der Waals surface area contributed by atoms with Crippen molar-refractivity contribution in [2.75, 3.05) is 20.3 Å². The standard InChI is InChI=1S/C9H15N2O4P/c1-4-14-16(12,15-5-2)9-10-7-6-8(11-9)13-3/h6-7H,4-5H2,1-3H3. The first kappa shape index (κ1) is 13.1. The fourth-order valence-electron chi connectivity index (χ4n) is 1.07. The van der Waals surface area contributed by atoms with Gasteiger partial charge in [0.25, 0.3) is 0 Å². The van der Waals surface area contributed by atoms with Crippen molar-refractivity contribution in [1.82, 2.24) is 9.97 Å². The number of methoxy groups -OCH3 is 1. The van der Waals surface area contributed by atoms with Crippen LogP contribution in [0.2, 0.25) is 0 Å². The number of rotatable bonds is 6. The van der Waals surface area contributed by atoms with E-state index in [1.807, 2.05) is 0 Å². The summed E-state index contributed by atoms with van der Waals surface area (Å²) in [4.78, 5) is 7.85. The molecule has 0 aliphatic heterocycles. The normalized spacial score (nSPS) is 11.4. The van der Waals surface area contributed by atoms with Crippen LogP contribution in [0.4, 0.5) is 0 Å². The maximum absolute atomic E-state index is 12.3. The van der Waals surface area contributed by atoms with Crippen LogP contribution in [0.25, 0.3) is 0 Å². The zero-order valence-corrected chi connectivity index (χ0v) is 10.4. The summed E-state index contributed by atoms with van der Waals surface area (Å²) in [5.74, 6) is 0.324. The second-order valence-electron chi connectivity index (χ2n) is 2.73. The zero-order valence-electron chi connectivity index (χ0n) is 9.54. The molecule has 6 nitrogen and oxygen atoms in total. The van der Waals surface area contributed by atoms with Crippen LogP contribution < -0.4 is 10.3 Å². The van der Waals surface area contributed by atoms with Gasteiger partial charge in [-0.15, -0.1) is 0 Å². The topological polar surface area (TPSA) is 70.5 Å². The highest BCUT2D eigenvalue weighted by Crippen LogP contribution is 2.45. The van der Waals surface area contributed by atoms with E-state index in [0.29, 0.717) is 5.88 Å². The third-order valence-corrected chi connectivity index (χ3v) is 3.57. The van der Waals surface area contributed by atoms with E-state index in [0.717, 1.165) is 0 Å². The lowest BCUT2D eigenvalue weighted by Gasteiger charge is -2.15. The van der Waals surface area contributed by atoms with E-state index < -0.39 is 7.60 Å². The predicted octanol–water partition coefficient (Wildman–Crippen LogP) is 1.38. The van der Waals surface area contributed by atoms with Crippen LogP contribution in [-0.2, 0) is 13.6 Å². The highest BCUT2D eigenvalue weighted by atomic mass is 31.2. The molecule has 0 spiro atoms. The molecule has 1 aromatic heterocycles. The smallest absolute Gasteiger partial charge is 0.398 e. The van der Waals surface area contributed by atoms with Gasteiger partial charge < -0.3 is 13.8 Å². The van der Waals surface area contributed by atoms with Gasteiger partial charge in [0, 0.05) is 12.3 Å². The van der Waals surface area contributed by atoms with Crippen molar-refractivity contribution in [2.45, 2.75) is 13.8 Å². The van der Waals surface area contributed by atoms with Gasteiger partial charge in [-0.2, -0.15) is 4.98 Å². The molecule has 0 N–H and O–H groups in total. The van der Waals surface area contributed by atoms with Gasteiger partial charge in [0.2, 0.25) is 11.4 Å². The Morgan fingerprint density at radius 3 is 2.44 bits per heavy atom. The van der Waals surface area contributed by atoms with Crippen molar-refractivity contribution >= 4 is 13.2 Å². The van der Waals surface area contributed by atoms with E-state index in [-0.39, 0.29) is 18.8 Å². The second kappa shape index (κ2) is 5.94. The molecule has 0 saturated carbocycles. The molecular weight excluding hydrogens is 231 g/mol. The number of nitrogens with zero attached hydrogens (tertiary/aromatic N) is 2. The molecule has 0 aromatic carbocycles. The fourth-order valence-corrected chi connectivity index (χ4v) is 2.49. The minimum atomic E-state index is -3.41. The van der Waals surface area contributed by atoms with E-state index in [2.05, 4.69) is 9.97 Å². The molecule has 0 aliphatic carbocycles. The van der Waals surface area contributed by atoms with E-state index >= 15 is 0 Å². The van der Waals surface area contributed by atoms with E-state index in [9.17, 15) is 4.57 Å². The maximum atomic E-state index is 12.3. The first-order valence-corrected chi connectivity index (χ1v) is 6.47. The molecule has 0 radical (unpaired) electrons. The molecule has 0 unspecified atom stereocenters. The van der Waals surface area contributed by atoms with Crippen molar-refractivity contribution in [3.63, 3.8) is 0 Å². The first-order chi connectivity index (χ1) is 7.66. The zero-order chi connectivity index (χ0) is 12.0. The SMILES string of the molecule is CCOP(=O)(OCC)c1nccc(OC)n1. The van der Waals surface area contributed by atoms with Crippen LogP contribution >= 0.6 is 7.60 Å². The van der Waals surface area contributed by atoms with Gasteiger partial charge in [-0.25, -0.2) is 4.98 Å². The lowest BCUT2D eigenvalue weighted by Crippen LogP contribution is -2.18. The van der Waals surface area contributed by atoms with Crippen molar-refractivity contribution in [2.24, 2.45) is 0 Å².